The molecule has 0 aromatic heterocycles. The molecular weight excluding hydrogens is 126 g/mol. The lowest BCUT2D eigenvalue weighted by molar-refractivity contribution is 0.0503. The zero-order valence-electron chi connectivity index (χ0n) is 8.20. The molecule has 5 atom stereocenters. The summed E-state index contributed by atoms with van der Waals surface area (Å²) in [4.78, 5) is 2.10. The van der Waals surface area contributed by atoms with Gasteiger partial charge in [0, 0.05) is 14.8 Å². The van der Waals surface area contributed by atoms with Crippen LogP contribution in [0, 0.1) is 0 Å². The van der Waals surface area contributed by atoms with Crippen molar-refractivity contribution in [3.05, 3.63) is 0 Å². The summed E-state index contributed by atoms with van der Waals surface area (Å²) in [6.45, 7) is 0. The van der Waals surface area contributed by atoms with Crippen LogP contribution in [0.1, 0.15) is 28.4 Å². The summed E-state index contributed by atoms with van der Waals surface area (Å²) in [7, 11) is 1.97. The highest BCUT2D eigenvalue weighted by molar-refractivity contribution is 4.93. The fourth-order valence-electron chi connectivity index (χ4n) is 1.92. The first-order valence-electron chi connectivity index (χ1n) is 5.01. The van der Waals surface area contributed by atoms with Crippen molar-refractivity contribution in [1.29, 1.82) is 0 Å². The molecule has 2 nitrogen and oxygen atoms in total. The van der Waals surface area contributed by atoms with Crippen LogP contribution in [0.25, 0.3) is 0 Å². The van der Waals surface area contributed by atoms with Gasteiger partial charge in [0.25, 0.3) is 0 Å². The molecule has 0 radical (unpaired) electrons. The van der Waals surface area contributed by atoms with Crippen molar-refractivity contribution in [2.75, 3.05) is 7.05 Å². The van der Waals surface area contributed by atoms with Gasteiger partial charge in [-0.25, -0.2) is 0 Å². The van der Waals surface area contributed by atoms with E-state index >= 15 is 0 Å². The fourth-order valence-corrected chi connectivity index (χ4v) is 1.92. The van der Waals surface area contributed by atoms with Gasteiger partial charge in [0.15, 0.2) is 0 Å². The van der Waals surface area contributed by atoms with Gasteiger partial charge in [-0.05, 0) is 32.7 Å². The molecule has 2 saturated heterocycles. The molecule has 58 valence electrons. The summed E-state index contributed by atoms with van der Waals surface area (Å²) >= 11 is 0. The van der Waals surface area contributed by atoms with Gasteiger partial charge >= 0.3 is 0 Å². The van der Waals surface area contributed by atoms with Crippen LogP contribution in [-0.4, -0.2) is 35.2 Å². The first kappa shape index (κ1) is 4.73. The number of nitrogens with zero attached hydrogens (tertiary/aromatic N) is 1. The third-order valence-electron chi connectivity index (χ3n) is 2.63. The van der Waals surface area contributed by atoms with Crippen LogP contribution in [-0.2, 0) is 0 Å². The van der Waals surface area contributed by atoms with Crippen LogP contribution < -0.4 is 0 Å². The Morgan fingerprint density at radius 1 is 1.40 bits per heavy atom. The Hall–Kier alpha value is -0.0800. The van der Waals surface area contributed by atoms with E-state index < -0.39 is 0 Å². The fraction of sp³-hybridized carbons (Fsp3) is 1.00. The van der Waals surface area contributed by atoms with E-state index in [1.165, 1.54) is 0 Å². The SMILES string of the molecule is [2H][C@H]1[C@H]([2H])[C@@H]2CC(O)C[C@H]1N2C. The van der Waals surface area contributed by atoms with E-state index in [1.807, 2.05) is 7.05 Å². The number of piperidine rings is 1. The molecule has 0 aromatic rings. The molecule has 2 heterocycles. The van der Waals surface area contributed by atoms with Crippen molar-refractivity contribution in [3.8, 4) is 0 Å². The maximum Gasteiger partial charge on any atom is 0.0570 e. The van der Waals surface area contributed by atoms with Gasteiger partial charge in [0.1, 0.15) is 0 Å². The van der Waals surface area contributed by atoms with Crippen molar-refractivity contribution < 1.29 is 7.85 Å². The monoisotopic (exact) mass is 143 g/mol. The molecule has 2 bridgehead atoms. The smallest absolute Gasteiger partial charge is 0.0570 e. The van der Waals surface area contributed by atoms with Crippen LogP contribution in [0.15, 0.2) is 0 Å². The number of hydrogen-bond acceptors (Lipinski definition) is 2. The Kier molecular flexibility index (Phi) is 1.04. The Morgan fingerprint density at radius 2 is 1.90 bits per heavy atom. The van der Waals surface area contributed by atoms with E-state index in [0.717, 1.165) is 0 Å². The lowest BCUT2D eigenvalue weighted by atomic mass is 10.0. The van der Waals surface area contributed by atoms with Gasteiger partial charge in [-0.1, -0.05) is 0 Å². The van der Waals surface area contributed by atoms with Gasteiger partial charge in [0.05, 0.1) is 6.10 Å². The minimum atomic E-state index is -0.322. The average molecular weight is 143 g/mol. The van der Waals surface area contributed by atoms with E-state index in [1.54, 1.807) is 0 Å². The zero-order chi connectivity index (χ0) is 8.88. The molecule has 0 amide bonds. The van der Waals surface area contributed by atoms with Gasteiger partial charge in [-0.2, -0.15) is 0 Å². The molecule has 1 N–H and O–H groups in total. The summed E-state index contributed by atoms with van der Waals surface area (Å²) in [5, 5.41) is 9.45. The topological polar surface area (TPSA) is 23.5 Å². The molecular formula is C8H15NO. The van der Waals surface area contributed by atoms with E-state index in [9.17, 15) is 5.11 Å². The molecule has 0 aliphatic carbocycles. The molecule has 2 aliphatic rings. The van der Waals surface area contributed by atoms with Crippen LogP contribution >= 0.6 is 0 Å². The highest BCUT2D eigenvalue weighted by Gasteiger charge is 2.37. The Morgan fingerprint density at radius 3 is 2.40 bits per heavy atom. The summed E-state index contributed by atoms with van der Waals surface area (Å²) in [5.74, 6) is 0. The second-order valence-electron chi connectivity index (χ2n) is 3.31. The van der Waals surface area contributed by atoms with Crippen molar-refractivity contribution in [3.63, 3.8) is 0 Å². The summed E-state index contributed by atoms with van der Waals surface area (Å²) < 4.78 is 15.5. The Bertz CT molecular complexity index is 164. The second-order valence-corrected chi connectivity index (χ2v) is 3.31. The van der Waals surface area contributed by atoms with E-state index in [4.69, 9.17) is 2.74 Å². The summed E-state index contributed by atoms with van der Waals surface area (Å²) in [6.07, 6.45) is 0.432. The van der Waals surface area contributed by atoms with Crippen LogP contribution in [0.5, 0.6) is 0 Å². The summed E-state index contributed by atoms with van der Waals surface area (Å²) in [6, 6.07) is 0.225. The predicted octanol–water partition coefficient (Wildman–Crippen LogP) is 0.604. The highest BCUT2D eigenvalue weighted by atomic mass is 16.3. The van der Waals surface area contributed by atoms with Crippen LogP contribution in [0.2, 0.25) is 0 Å². The van der Waals surface area contributed by atoms with Crippen molar-refractivity contribution >= 4 is 0 Å². The van der Waals surface area contributed by atoms with Gasteiger partial charge in [-0.15, -0.1) is 0 Å². The lowest BCUT2D eigenvalue weighted by Crippen LogP contribution is -2.41. The van der Waals surface area contributed by atoms with E-state index in [0.29, 0.717) is 12.8 Å². The molecule has 2 fully saturated rings. The number of fused-ring (bicyclic) bond motifs is 2. The van der Waals surface area contributed by atoms with Gasteiger partial charge in [0.2, 0.25) is 0 Å². The van der Waals surface area contributed by atoms with Crippen molar-refractivity contribution in [2.24, 2.45) is 0 Å². The first-order chi connectivity index (χ1) is 5.61. The summed E-state index contributed by atoms with van der Waals surface area (Å²) in [5.41, 5.74) is 0. The zero-order valence-corrected chi connectivity index (χ0v) is 6.20. The third-order valence-corrected chi connectivity index (χ3v) is 2.63. The minimum absolute atomic E-state index is 0.112. The second kappa shape index (κ2) is 2.21. The largest absolute Gasteiger partial charge is 0.393 e. The average Bonchev–Trinajstić information content (AvgIpc) is 2.21. The number of aliphatic hydroxyl groups is 1. The standard InChI is InChI=1S/C8H15NO/c1-9-6-2-3-7(9)5-8(10)4-6/h6-8,10H,2-5H2,1H3/t6-,7+,8?/i2D,3D/t2-,3-,6-,7+,8?/m0/s1. The normalized spacial score (nSPS) is 65.6. The van der Waals surface area contributed by atoms with Crippen LogP contribution in [0.3, 0.4) is 0 Å². The maximum absolute atomic E-state index is 9.45. The third kappa shape index (κ3) is 0.867. The number of hydrogen-bond donors (Lipinski definition) is 1. The molecule has 2 heteroatoms. The predicted molar refractivity (Wildman–Crippen MR) is 39.8 cm³/mol. The molecule has 2 aliphatic heterocycles. The minimum Gasteiger partial charge on any atom is -0.393 e. The number of rotatable bonds is 0. The maximum atomic E-state index is 9.45. The molecule has 0 saturated carbocycles. The quantitative estimate of drug-likeness (QED) is 0.537. The van der Waals surface area contributed by atoms with Gasteiger partial charge in [-0.3, -0.25) is 0 Å². The molecule has 1 unspecified atom stereocenters. The molecule has 10 heavy (non-hydrogen) atoms. The van der Waals surface area contributed by atoms with Crippen LogP contribution in [0.4, 0.5) is 0 Å². The highest BCUT2D eigenvalue weighted by Crippen LogP contribution is 2.33. The van der Waals surface area contributed by atoms with Gasteiger partial charge < -0.3 is 10.0 Å². The molecule has 2 rings (SSSR count). The Balaban J connectivity index is 2.21. The Labute approximate surface area is 64.6 Å². The lowest BCUT2D eigenvalue weighted by Gasteiger charge is -2.33. The number of aliphatic hydroxyl groups excluding tert-OH is 1. The van der Waals surface area contributed by atoms with E-state index in [-0.39, 0.29) is 31.0 Å². The first-order valence-corrected chi connectivity index (χ1v) is 3.85. The van der Waals surface area contributed by atoms with Crippen molar-refractivity contribution in [1.82, 2.24) is 4.90 Å². The van der Waals surface area contributed by atoms with Crippen molar-refractivity contribution in [2.45, 2.75) is 43.8 Å². The molecule has 0 spiro atoms. The van der Waals surface area contributed by atoms with E-state index in [2.05, 4.69) is 4.90 Å². The molecule has 0 aromatic carbocycles.